The second-order valence-corrected chi connectivity index (χ2v) is 9.51. The Morgan fingerprint density at radius 1 is 1.30 bits per heavy atom. The van der Waals surface area contributed by atoms with E-state index >= 15 is 0 Å². The van der Waals surface area contributed by atoms with Gasteiger partial charge in [0.05, 0.1) is 27.3 Å². The van der Waals surface area contributed by atoms with Crippen LogP contribution >= 0.6 is 22.9 Å². The Balaban J connectivity index is 1.62. The molecule has 0 saturated heterocycles. The number of pyridine rings is 1. The molecule has 0 spiro atoms. The highest BCUT2D eigenvalue weighted by Crippen LogP contribution is 2.29. The van der Waals surface area contributed by atoms with Gasteiger partial charge < -0.3 is 15.7 Å². The summed E-state index contributed by atoms with van der Waals surface area (Å²) in [5, 5.41) is 16.2. The van der Waals surface area contributed by atoms with E-state index in [2.05, 4.69) is 15.6 Å². The lowest BCUT2D eigenvalue weighted by atomic mass is 9.85. The molecular weight excluding hydrogens is 422 g/mol. The first-order chi connectivity index (χ1) is 14.3. The van der Waals surface area contributed by atoms with Crippen LogP contribution in [0.5, 0.6) is 0 Å². The number of nitrogens with one attached hydrogen (secondary N) is 2. The van der Waals surface area contributed by atoms with Gasteiger partial charge in [-0.1, -0.05) is 43.7 Å². The fraction of sp³-hybridized carbons (Fsp3) is 0.500. The van der Waals surface area contributed by atoms with Gasteiger partial charge in [0.2, 0.25) is 0 Å². The Hall–Kier alpha value is -2.12. The van der Waals surface area contributed by atoms with E-state index in [9.17, 15) is 14.7 Å². The van der Waals surface area contributed by atoms with Crippen molar-refractivity contribution in [1.82, 2.24) is 10.3 Å². The molecule has 2 aromatic heterocycles. The maximum absolute atomic E-state index is 12.7. The quantitative estimate of drug-likeness (QED) is 0.499. The third-order valence-corrected chi connectivity index (χ3v) is 7.07. The monoisotopic (exact) mass is 449 g/mol. The number of rotatable bonds is 8. The van der Waals surface area contributed by atoms with E-state index in [0.29, 0.717) is 22.2 Å². The van der Waals surface area contributed by atoms with Crippen molar-refractivity contribution in [3.8, 4) is 0 Å². The Kier molecular flexibility index (Phi) is 7.72. The van der Waals surface area contributed by atoms with Crippen molar-refractivity contribution >= 4 is 40.5 Å². The van der Waals surface area contributed by atoms with Gasteiger partial charge in [0, 0.05) is 11.1 Å². The van der Waals surface area contributed by atoms with Crippen molar-refractivity contribution in [2.24, 2.45) is 5.92 Å². The number of carboxylic acids is 1. The summed E-state index contributed by atoms with van der Waals surface area (Å²) < 4.78 is 0. The molecule has 1 aliphatic rings. The van der Waals surface area contributed by atoms with Crippen molar-refractivity contribution in [3.05, 3.63) is 44.9 Å². The van der Waals surface area contributed by atoms with Crippen LogP contribution in [0.1, 0.15) is 71.7 Å². The number of thiophene rings is 1. The lowest BCUT2D eigenvalue weighted by molar-refractivity contribution is -0.139. The number of hydrogen-bond donors (Lipinski definition) is 3. The molecule has 30 heavy (non-hydrogen) atoms. The molecule has 1 saturated carbocycles. The summed E-state index contributed by atoms with van der Waals surface area (Å²) in [6, 6.07) is 4.57. The molecule has 3 N–H and O–H groups in total. The Morgan fingerprint density at radius 3 is 2.73 bits per heavy atom. The van der Waals surface area contributed by atoms with Crippen molar-refractivity contribution in [1.29, 1.82) is 0 Å². The molecule has 2 heterocycles. The number of carboxylic acid groups (broad SMARTS) is 1. The zero-order valence-electron chi connectivity index (χ0n) is 17.3. The average Bonchev–Trinajstić information content (AvgIpc) is 3.21. The fourth-order valence-electron chi connectivity index (χ4n) is 3.87. The number of carbonyl (C=O) groups is 2. The largest absolute Gasteiger partial charge is 0.480 e. The number of aromatic nitrogens is 1. The third-order valence-electron chi connectivity index (χ3n) is 5.60. The highest BCUT2D eigenvalue weighted by molar-refractivity contribution is 7.14. The van der Waals surface area contributed by atoms with E-state index in [0.717, 1.165) is 41.9 Å². The average molecular weight is 450 g/mol. The molecule has 0 radical (unpaired) electrons. The second kappa shape index (κ2) is 10.3. The Morgan fingerprint density at radius 2 is 2.03 bits per heavy atom. The minimum absolute atomic E-state index is 0.0481. The summed E-state index contributed by atoms with van der Waals surface area (Å²) in [7, 11) is 0. The van der Waals surface area contributed by atoms with Crippen LogP contribution in [0.4, 0.5) is 5.69 Å². The molecule has 8 heteroatoms. The van der Waals surface area contributed by atoms with Crippen LogP contribution in [0.15, 0.2) is 24.4 Å². The number of anilines is 1. The Labute approximate surface area is 186 Å². The van der Waals surface area contributed by atoms with E-state index in [4.69, 9.17) is 11.6 Å². The van der Waals surface area contributed by atoms with E-state index in [1.165, 1.54) is 17.8 Å². The molecule has 1 aliphatic carbocycles. The molecule has 2 aromatic rings. The van der Waals surface area contributed by atoms with Crippen molar-refractivity contribution in [2.45, 2.75) is 64.5 Å². The number of halogens is 1. The van der Waals surface area contributed by atoms with Gasteiger partial charge in [-0.25, -0.2) is 4.79 Å². The van der Waals surface area contributed by atoms with Crippen molar-refractivity contribution in [2.75, 3.05) is 5.32 Å². The lowest BCUT2D eigenvalue weighted by Crippen LogP contribution is -2.42. The number of nitrogens with zero attached hydrogens (tertiary/aromatic N) is 1. The minimum atomic E-state index is -0.968. The zero-order chi connectivity index (χ0) is 21.7. The van der Waals surface area contributed by atoms with E-state index in [-0.39, 0.29) is 11.9 Å². The topological polar surface area (TPSA) is 91.3 Å². The van der Waals surface area contributed by atoms with Crippen LogP contribution in [0.2, 0.25) is 5.02 Å². The first-order valence-electron chi connectivity index (χ1n) is 10.4. The number of aryl methyl sites for hydroxylation is 1. The second-order valence-electron chi connectivity index (χ2n) is 7.96. The first kappa shape index (κ1) is 22.6. The van der Waals surface area contributed by atoms with Crippen molar-refractivity contribution < 1.29 is 14.7 Å². The van der Waals surface area contributed by atoms with Crippen LogP contribution in [0.3, 0.4) is 0 Å². The SMILES string of the molecule is Cc1ncc(Cl)cc1NC(C)c1ccc(C(=O)N[C@@H](CC2CCCCC2)C(=O)O)s1. The zero-order valence-corrected chi connectivity index (χ0v) is 18.9. The van der Waals surface area contributed by atoms with Crippen molar-refractivity contribution in [3.63, 3.8) is 0 Å². The molecule has 162 valence electrons. The smallest absolute Gasteiger partial charge is 0.326 e. The summed E-state index contributed by atoms with van der Waals surface area (Å²) in [5.41, 5.74) is 1.68. The summed E-state index contributed by atoms with van der Waals surface area (Å²) in [4.78, 5) is 30.1. The van der Waals surface area contributed by atoms with Gasteiger partial charge in [-0.2, -0.15) is 0 Å². The van der Waals surface area contributed by atoms with Gasteiger partial charge >= 0.3 is 5.97 Å². The van der Waals surface area contributed by atoms with E-state index in [1.807, 2.05) is 26.0 Å². The summed E-state index contributed by atoms with van der Waals surface area (Å²) in [6.07, 6.45) is 7.70. The van der Waals surface area contributed by atoms with E-state index in [1.54, 1.807) is 12.3 Å². The number of hydrogen-bond acceptors (Lipinski definition) is 5. The molecule has 1 amide bonds. The number of amides is 1. The minimum Gasteiger partial charge on any atom is -0.480 e. The summed E-state index contributed by atoms with van der Waals surface area (Å²) in [5.74, 6) is -0.926. The van der Waals surface area contributed by atoms with Crippen LogP contribution in [0.25, 0.3) is 0 Å². The predicted molar refractivity (Wildman–Crippen MR) is 120 cm³/mol. The maximum atomic E-state index is 12.7. The lowest BCUT2D eigenvalue weighted by Gasteiger charge is -2.24. The van der Waals surface area contributed by atoms with Crippen LogP contribution < -0.4 is 10.6 Å². The standard InChI is InChI=1S/C22H28ClN3O3S/c1-13-17(11-16(23)12-24-13)25-14(2)19-8-9-20(30-19)21(27)26-18(22(28)29)10-15-6-4-3-5-7-15/h8-9,11-12,14-15,18,25H,3-7,10H2,1-2H3,(H,26,27)(H,28,29)/t14?,18-/m0/s1. The van der Waals surface area contributed by atoms with Gasteiger partial charge in [-0.3, -0.25) is 9.78 Å². The van der Waals surface area contributed by atoms with Crippen LogP contribution in [0, 0.1) is 12.8 Å². The van der Waals surface area contributed by atoms with Gasteiger partial charge in [-0.15, -0.1) is 11.3 Å². The molecule has 6 nitrogen and oxygen atoms in total. The third kappa shape index (κ3) is 5.95. The Bertz CT molecular complexity index is 896. The number of aliphatic carboxylic acids is 1. The first-order valence-corrected chi connectivity index (χ1v) is 11.5. The van der Waals surface area contributed by atoms with E-state index < -0.39 is 12.0 Å². The molecule has 3 rings (SSSR count). The molecule has 1 fully saturated rings. The molecule has 2 atom stereocenters. The molecule has 0 aliphatic heterocycles. The number of carbonyl (C=O) groups excluding carboxylic acids is 1. The van der Waals surface area contributed by atoms with Gasteiger partial charge in [0.15, 0.2) is 0 Å². The molecule has 0 bridgehead atoms. The fourth-order valence-corrected chi connectivity index (χ4v) is 4.94. The van der Waals surface area contributed by atoms with Gasteiger partial charge in [0.1, 0.15) is 6.04 Å². The van der Waals surface area contributed by atoms with Gasteiger partial charge in [-0.05, 0) is 44.4 Å². The highest BCUT2D eigenvalue weighted by Gasteiger charge is 2.26. The summed E-state index contributed by atoms with van der Waals surface area (Å²) in [6.45, 7) is 3.90. The molecular formula is C22H28ClN3O3S. The molecule has 1 unspecified atom stereocenters. The normalized spacial score (nSPS) is 16.6. The van der Waals surface area contributed by atoms with Crippen LogP contribution in [-0.2, 0) is 4.79 Å². The van der Waals surface area contributed by atoms with Crippen LogP contribution in [-0.4, -0.2) is 28.0 Å². The molecule has 0 aromatic carbocycles. The van der Waals surface area contributed by atoms with Gasteiger partial charge in [0.25, 0.3) is 5.91 Å². The summed E-state index contributed by atoms with van der Waals surface area (Å²) >= 11 is 7.39. The highest BCUT2D eigenvalue weighted by atomic mass is 35.5. The maximum Gasteiger partial charge on any atom is 0.326 e. The predicted octanol–water partition coefficient (Wildman–Crippen LogP) is 5.43.